The number of morpholine rings is 1. The average molecular weight is 520 g/mol. The summed E-state index contributed by atoms with van der Waals surface area (Å²) in [5, 5.41) is 11.5. The van der Waals surface area contributed by atoms with Gasteiger partial charge in [-0.05, 0) is 17.7 Å². The highest BCUT2D eigenvalue weighted by atomic mass is 127. The SMILES string of the molecule is CN=C(NCc1ncnn1C)NCC(c1ccc(Cl)cc1)N1CCOCC1.I. The monoisotopic (exact) mass is 519 g/mol. The maximum absolute atomic E-state index is 6.06. The van der Waals surface area contributed by atoms with Crippen LogP contribution >= 0.6 is 35.6 Å². The lowest BCUT2D eigenvalue weighted by Crippen LogP contribution is -2.46. The second kappa shape index (κ2) is 11.5. The van der Waals surface area contributed by atoms with E-state index in [0.29, 0.717) is 6.54 Å². The first kappa shape index (κ1) is 22.9. The quantitative estimate of drug-likeness (QED) is 0.344. The van der Waals surface area contributed by atoms with Gasteiger partial charge in [-0.25, -0.2) is 4.98 Å². The minimum atomic E-state index is 0. The van der Waals surface area contributed by atoms with Crippen molar-refractivity contribution in [1.82, 2.24) is 30.3 Å². The van der Waals surface area contributed by atoms with Gasteiger partial charge in [0, 0.05) is 38.8 Å². The number of aliphatic imine (C=N–C) groups is 1. The van der Waals surface area contributed by atoms with E-state index in [0.717, 1.165) is 49.7 Å². The zero-order valence-electron chi connectivity index (χ0n) is 16.1. The molecule has 1 unspecified atom stereocenters. The standard InChI is InChI=1S/C18H26ClN7O.HI/c1-20-18(22-12-17-23-13-24-25(17)2)21-11-16(26-7-9-27-10-8-26)14-3-5-15(19)6-4-14;/h3-6,13,16H,7-12H2,1-2H3,(H2,20,21,22);1H. The third-order valence-corrected chi connectivity index (χ3v) is 4.90. The summed E-state index contributed by atoms with van der Waals surface area (Å²) in [5.41, 5.74) is 1.22. The third-order valence-electron chi connectivity index (χ3n) is 4.65. The molecule has 2 aromatic rings. The van der Waals surface area contributed by atoms with Crippen LogP contribution in [0.3, 0.4) is 0 Å². The first-order valence-electron chi connectivity index (χ1n) is 9.02. The predicted octanol–water partition coefficient (Wildman–Crippen LogP) is 1.82. The Kier molecular flexibility index (Phi) is 9.42. The van der Waals surface area contributed by atoms with Gasteiger partial charge in [-0.2, -0.15) is 5.10 Å². The average Bonchev–Trinajstić information content (AvgIpc) is 3.11. The third kappa shape index (κ3) is 6.29. The van der Waals surface area contributed by atoms with Gasteiger partial charge in [0.05, 0.1) is 25.8 Å². The first-order valence-corrected chi connectivity index (χ1v) is 9.40. The fraction of sp³-hybridized carbons (Fsp3) is 0.500. The lowest BCUT2D eigenvalue weighted by Gasteiger charge is -2.35. The van der Waals surface area contributed by atoms with E-state index < -0.39 is 0 Å². The van der Waals surface area contributed by atoms with Crippen LogP contribution in [-0.2, 0) is 18.3 Å². The molecule has 0 radical (unpaired) electrons. The fourth-order valence-corrected chi connectivity index (χ4v) is 3.21. The van der Waals surface area contributed by atoms with Crippen molar-refractivity contribution < 1.29 is 4.74 Å². The van der Waals surface area contributed by atoms with Gasteiger partial charge in [0.1, 0.15) is 12.2 Å². The van der Waals surface area contributed by atoms with Crippen LogP contribution in [0.5, 0.6) is 0 Å². The van der Waals surface area contributed by atoms with E-state index in [1.54, 1.807) is 18.1 Å². The molecule has 0 amide bonds. The van der Waals surface area contributed by atoms with Gasteiger partial charge in [-0.15, -0.1) is 24.0 Å². The lowest BCUT2D eigenvalue weighted by molar-refractivity contribution is 0.0170. The maximum Gasteiger partial charge on any atom is 0.191 e. The number of nitrogens with zero attached hydrogens (tertiary/aromatic N) is 5. The summed E-state index contributed by atoms with van der Waals surface area (Å²) in [6, 6.07) is 8.25. The maximum atomic E-state index is 6.06. The van der Waals surface area contributed by atoms with Crippen LogP contribution < -0.4 is 10.6 Å². The van der Waals surface area contributed by atoms with Gasteiger partial charge in [0.15, 0.2) is 5.96 Å². The zero-order chi connectivity index (χ0) is 19.1. The van der Waals surface area contributed by atoms with Crippen LogP contribution in [0.25, 0.3) is 0 Å². The van der Waals surface area contributed by atoms with E-state index in [2.05, 4.69) is 42.7 Å². The molecule has 10 heteroatoms. The molecule has 1 atom stereocenters. The Bertz CT molecular complexity index is 747. The lowest BCUT2D eigenvalue weighted by atomic mass is 10.0. The molecular formula is C18H27ClIN7O. The zero-order valence-corrected chi connectivity index (χ0v) is 19.2. The first-order chi connectivity index (χ1) is 13.2. The van der Waals surface area contributed by atoms with Crippen molar-refractivity contribution in [2.75, 3.05) is 39.9 Å². The number of rotatable bonds is 6. The molecule has 2 N–H and O–H groups in total. The molecule has 0 spiro atoms. The van der Waals surface area contributed by atoms with Crippen LogP contribution in [0.1, 0.15) is 17.4 Å². The van der Waals surface area contributed by atoms with E-state index in [-0.39, 0.29) is 30.0 Å². The highest BCUT2D eigenvalue weighted by molar-refractivity contribution is 14.0. The number of nitrogens with one attached hydrogen (secondary N) is 2. The Morgan fingerprint density at radius 2 is 1.96 bits per heavy atom. The van der Waals surface area contributed by atoms with E-state index in [1.807, 2.05) is 19.2 Å². The topological polar surface area (TPSA) is 79.6 Å². The van der Waals surface area contributed by atoms with Crippen LogP contribution in [0, 0.1) is 0 Å². The van der Waals surface area contributed by atoms with Crippen molar-refractivity contribution >= 4 is 41.5 Å². The van der Waals surface area contributed by atoms with E-state index >= 15 is 0 Å². The summed E-state index contributed by atoms with van der Waals surface area (Å²) < 4.78 is 7.25. The number of ether oxygens (including phenoxy) is 1. The fourth-order valence-electron chi connectivity index (χ4n) is 3.09. The Labute approximate surface area is 187 Å². The van der Waals surface area contributed by atoms with Crippen molar-refractivity contribution in [1.29, 1.82) is 0 Å². The second-order valence-corrected chi connectivity index (χ2v) is 6.76. The van der Waals surface area contributed by atoms with Gasteiger partial charge >= 0.3 is 0 Å². The van der Waals surface area contributed by atoms with Crippen molar-refractivity contribution in [3.8, 4) is 0 Å². The van der Waals surface area contributed by atoms with Crippen LogP contribution in [-0.4, -0.2) is 65.5 Å². The van der Waals surface area contributed by atoms with Crippen molar-refractivity contribution in [3.63, 3.8) is 0 Å². The summed E-state index contributed by atoms with van der Waals surface area (Å²) in [6.45, 7) is 4.59. The molecule has 1 fully saturated rings. The minimum absolute atomic E-state index is 0. The molecule has 1 saturated heterocycles. The largest absolute Gasteiger partial charge is 0.379 e. The number of aromatic nitrogens is 3. The summed E-state index contributed by atoms with van der Waals surface area (Å²) in [5.74, 6) is 1.57. The molecule has 28 heavy (non-hydrogen) atoms. The molecule has 3 rings (SSSR count). The van der Waals surface area contributed by atoms with E-state index in [9.17, 15) is 0 Å². The van der Waals surface area contributed by atoms with Gasteiger partial charge in [0.2, 0.25) is 0 Å². The molecule has 0 saturated carbocycles. The molecule has 1 aliphatic rings. The minimum Gasteiger partial charge on any atom is -0.379 e. The van der Waals surface area contributed by atoms with E-state index in [1.165, 1.54) is 5.56 Å². The van der Waals surface area contributed by atoms with Crippen LogP contribution in [0.2, 0.25) is 5.02 Å². The van der Waals surface area contributed by atoms with Crippen molar-refractivity contribution in [2.24, 2.45) is 12.0 Å². The summed E-state index contributed by atoms with van der Waals surface area (Å²) in [6.07, 6.45) is 1.54. The van der Waals surface area contributed by atoms with E-state index in [4.69, 9.17) is 16.3 Å². The summed E-state index contributed by atoms with van der Waals surface area (Å²) in [7, 11) is 3.63. The molecule has 154 valence electrons. The summed E-state index contributed by atoms with van der Waals surface area (Å²) in [4.78, 5) is 11.0. The molecule has 0 aliphatic carbocycles. The molecule has 8 nitrogen and oxygen atoms in total. The Balaban J connectivity index is 0.00000280. The second-order valence-electron chi connectivity index (χ2n) is 6.32. The number of hydrogen-bond acceptors (Lipinski definition) is 5. The summed E-state index contributed by atoms with van der Waals surface area (Å²) >= 11 is 6.06. The molecule has 1 aliphatic heterocycles. The number of guanidine groups is 1. The number of halogens is 2. The Morgan fingerprint density at radius 1 is 1.25 bits per heavy atom. The smallest absolute Gasteiger partial charge is 0.191 e. The Hall–Kier alpha value is -1.43. The number of benzene rings is 1. The molecule has 1 aromatic heterocycles. The van der Waals surface area contributed by atoms with Gasteiger partial charge < -0.3 is 15.4 Å². The van der Waals surface area contributed by atoms with Crippen molar-refractivity contribution in [2.45, 2.75) is 12.6 Å². The normalized spacial score (nSPS) is 16.3. The predicted molar refractivity (Wildman–Crippen MR) is 121 cm³/mol. The van der Waals surface area contributed by atoms with Gasteiger partial charge in [0.25, 0.3) is 0 Å². The van der Waals surface area contributed by atoms with Gasteiger partial charge in [-0.3, -0.25) is 14.6 Å². The van der Waals surface area contributed by atoms with Gasteiger partial charge in [-0.1, -0.05) is 23.7 Å². The van der Waals surface area contributed by atoms with Crippen LogP contribution in [0.15, 0.2) is 35.6 Å². The molecule has 0 bridgehead atoms. The number of aryl methyl sites for hydroxylation is 1. The molecule has 2 heterocycles. The molecular weight excluding hydrogens is 493 g/mol. The van der Waals surface area contributed by atoms with Crippen LogP contribution in [0.4, 0.5) is 0 Å². The number of hydrogen-bond donors (Lipinski definition) is 2. The molecule has 1 aromatic carbocycles. The Morgan fingerprint density at radius 3 is 2.57 bits per heavy atom. The van der Waals surface area contributed by atoms with Crippen molar-refractivity contribution in [3.05, 3.63) is 47.0 Å². The highest BCUT2D eigenvalue weighted by Crippen LogP contribution is 2.23. The highest BCUT2D eigenvalue weighted by Gasteiger charge is 2.23.